The summed E-state index contributed by atoms with van der Waals surface area (Å²) >= 11 is 1.39. The Hall–Kier alpha value is -5.56. The van der Waals surface area contributed by atoms with Gasteiger partial charge in [0, 0.05) is 81.9 Å². The van der Waals surface area contributed by atoms with Crippen LogP contribution in [0.25, 0.3) is 21.8 Å². The maximum Gasteiger partial charge on any atom is 0.234 e. The number of pyridine rings is 1. The SMILES string of the molecule is CCCS(=O)(=O)Nc1cccc(-c2nc(C3CCN(C(=O)C4CCN(C(=O)CC5CCN(c6ccc([C@H]7CCC(=O)NC7=O)cn6)CC5)CC4)CC3)sc2-c2ccnc(N)n2)c1F. The lowest BCUT2D eigenvalue weighted by molar-refractivity contribution is -0.142. The van der Waals surface area contributed by atoms with Crippen molar-refractivity contribution in [2.24, 2.45) is 11.8 Å². The molecule has 1 aromatic carbocycles. The van der Waals surface area contributed by atoms with Crippen LogP contribution in [-0.4, -0.2) is 107 Å². The second-order valence-electron chi connectivity index (χ2n) is 17.0. The molecule has 0 unspecified atom stereocenters. The van der Waals surface area contributed by atoms with Gasteiger partial charge in [-0.1, -0.05) is 19.1 Å². The summed E-state index contributed by atoms with van der Waals surface area (Å²) in [6, 6.07) is 10.1. The number of amides is 4. The van der Waals surface area contributed by atoms with Gasteiger partial charge in [-0.05, 0) is 87.1 Å². The lowest BCUT2D eigenvalue weighted by atomic mass is 9.90. The quantitative estimate of drug-likeness (QED) is 0.155. The highest BCUT2D eigenvalue weighted by atomic mass is 32.2. The van der Waals surface area contributed by atoms with Crippen LogP contribution in [0.2, 0.25) is 0 Å². The fourth-order valence-corrected chi connectivity index (χ4v) is 11.5. The van der Waals surface area contributed by atoms with Gasteiger partial charge >= 0.3 is 0 Å². The number of halogens is 1. The summed E-state index contributed by atoms with van der Waals surface area (Å²) in [5.74, 6) is -0.454. The van der Waals surface area contributed by atoms with Gasteiger partial charge in [0.05, 0.1) is 38.6 Å². The van der Waals surface area contributed by atoms with Crippen LogP contribution in [0, 0.1) is 17.7 Å². The Morgan fingerprint density at radius 3 is 2.35 bits per heavy atom. The first-order valence-electron chi connectivity index (χ1n) is 21.9. The number of hydrogen-bond donors (Lipinski definition) is 3. The van der Waals surface area contributed by atoms with Crippen LogP contribution in [0.5, 0.6) is 0 Å². The van der Waals surface area contributed by atoms with Gasteiger partial charge in [-0.25, -0.2) is 32.7 Å². The number of anilines is 3. The van der Waals surface area contributed by atoms with Crippen LogP contribution >= 0.6 is 11.3 Å². The third kappa shape index (κ3) is 10.1. The second kappa shape index (κ2) is 19.0. The topological polar surface area (TPSA) is 214 Å². The highest BCUT2D eigenvalue weighted by Crippen LogP contribution is 2.43. The third-order valence-electron chi connectivity index (χ3n) is 12.7. The highest BCUT2D eigenvalue weighted by molar-refractivity contribution is 7.92. The first-order valence-corrected chi connectivity index (χ1v) is 24.3. The Bertz CT molecular complexity index is 2440. The fraction of sp³-hybridized carbons (Fsp3) is 0.500. The zero-order valence-corrected chi connectivity index (χ0v) is 36.9. The summed E-state index contributed by atoms with van der Waals surface area (Å²) in [7, 11) is -3.74. The number of benzene rings is 1. The molecule has 0 radical (unpaired) electrons. The number of carbonyl (C=O) groups excluding carboxylic acids is 4. The minimum atomic E-state index is -3.74. The van der Waals surface area contributed by atoms with Crippen molar-refractivity contribution in [3.05, 3.63) is 65.2 Å². The lowest BCUT2D eigenvalue weighted by Gasteiger charge is -2.38. The molecule has 0 bridgehead atoms. The average molecular weight is 901 g/mol. The van der Waals surface area contributed by atoms with E-state index in [2.05, 4.69) is 29.9 Å². The third-order valence-corrected chi connectivity index (χ3v) is 15.4. The van der Waals surface area contributed by atoms with Crippen LogP contribution in [0.15, 0.2) is 48.8 Å². The van der Waals surface area contributed by atoms with Gasteiger partial charge in [0.15, 0.2) is 5.82 Å². The number of hydrogen-bond acceptors (Lipinski definition) is 13. The first kappa shape index (κ1) is 44.1. The van der Waals surface area contributed by atoms with Crippen LogP contribution in [0.1, 0.15) is 93.5 Å². The van der Waals surface area contributed by atoms with Crippen molar-refractivity contribution in [3.63, 3.8) is 0 Å². The number of imide groups is 1. The molecule has 4 saturated heterocycles. The monoisotopic (exact) mass is 900 g/mol. The zero-order valence-electron chi connectivity index (χ0n) is 35.3. The summed E-state index contributed by atoms with van der Waals surface area (Å²) in [5.41, 5.74) is 7.53. The molecule has 19 heteroatoms. The molecule has 3 aromatic heterocycles. The van der Waals surface area contributed by atoms with Gasteiger partial charge in [-0.3, -0.25) is 29.2 Å². The summed E-state index contributed by atoms with van der Waals surface area (Å²) < 4.78 is 43.5. The summed E-state index contributed by atoms with van der Waals surface area (Å²) in [6.07, 6.45) is 9.28. The van der Waals surface area contributed by atoms with Gasteiger partial charge in [-0.15, -0.1) is 11.3 Å². The van der Waals surface area contributed by atoms with Crippen molar-refractivity contribution in [1.29, 1.82) is 0 Å². The zero-order chi connectivity index (χ0) is 44.3. The number of sulfonamides is 1. The van der Waals surface area contributed by atoms with Crippen molar-refractivity contribution < 1.29 is 32.0 Å². The summed E-state index contributed by atoms with van der Waals surface area (Å²) in [4.78, 5) is 75.6. The van der Waals surface area contributed by atoms with Gasteiger partial charge < -0.3 is 20.4 Å². The molecule has 16 nitrogen and oxygen atoms in total. The molecule has 63 heavy (non-hydrogen) atoms. The number of carbonyl (C=O) groups is 4. The molecule has 0 aliphatic carbocycles. The van der Waals surface area contributed by atoms with Gasteiger partial charge in [0.25, 0.3) is 0 Å². The lowest BCUT2D eigenvalue weighted by Crippen LogP contribution is -2.46. The minimum absolute atomic E-state index is 0.00757. The van der Waals surface area contributed by atoms with Crippen LogP contribution in [0.4, 0.5) is 21.8 Å². The minimum Gasteiger partial charge on any atom is -0.368 e. The molecule has 0 saturated carbocycles. The van der Waals surface area contributed by atoms with E-state index in [0.29, 0.717) is 93.8 Å². The van der Waals surface area contributed by atoms with Crippen molar-refractivity contribution in [3.8, 4) is 21.8 Å². The van der Waals surface area contributed by atoms with Crippen LogP contribution in [0.3, 0.4) is 0 Å². The molecule has 4 N–H and O–H groups in total. The van der Waals surface area contributed by atoms with E-state index in [-0.39, 0.29) is 70.3 Å². The maximum atomic E-state index is 16.1. The van der Waals surface area contributed by atoms with Crippen molar-refractivity contribution in [2.45, 2.75) is 83.0 Å². The van der Waals surface area contributed by atoms with E-state index in [1.54, 1.807) is 31.3 Å². The Balaban J connectivity index is 0.824. The summed E-state index contributed by atoms with van der Waals surface area (Å²) in [6.45, 7) is 5.53. The maximum absolute atomic E-state index is 16.1. The molecule has 4 aliphatic rings. The number of nitrogens with two attached hydrogens (primary N) is 1. The molecule has 4 aromatic rings. The largest absolute Gasteiger partial charge is 0.368 e. The highest BCUT2D eigenvalue weighted by Gasteiger charge is 2.35. The Kier molecular flexibility index (Phi) is 13.3. The smallest absolute Gasteiger partial charge is 0.234 e. The first-order chi connectivity index (χ1) is 30.4. The fourth-order valence-electron chi connectivity index (χ4n) is 9.17. The van der Waals surface area contributed by atoms with E-state index in [4.69, 9.17) is 10.7 Å². The van der Waals surface area contributed by atoms with E-state index in [1.165, 1.54) is 23.6 Å². The molecular weight excluding hydrogens is 848 g/mol. The number of rotatable bonds is 12. The standard InChI is InChI=1S/C44H53FN10O6S2/c1-2-24-63(60,61)52-33-5-3-4-32(38(33)45)39-40(34-10-17-47-44(46)49-34)62-42(51-39)28-13-22-55(23-14-28)43(59)29-15-20-54(21-16-29)37(57)25-27-11-18-53(19-12-27)35-8-6-30(26-48-35)31-7-9-36(56)50-41(31)58/h3-6,8,10,17,26-29,31,52H,2,7,9,11-16,18-25H2,1H3,(H2,46,47,49)(H,50,56,58)/t31-/m1/s1. The molecule has 8 rings (SSSR count). The number of thiazole rings is 1. The molecule has 0 spiro atoms. The number of piperidine rings is 4. The normalized spacial score (nSPS) is 19.6. The molecule has 4 fully saturated rings. The molecule has 4 amide bonds. The van der Waals surface area contributed by atoms with Crippen LogP contribution < -0.4 is 20.7 Å². The Labute approximate surface area is 370 Å². The van der Waals surface area contributed by atoms with E-state index in [1.807, 2.05) is 21.9 Å². The van der Waals surface area contributed by atoms with Gasteiger partial charge in [0.2, 0.25) is 39.6 Å². The number of likely N-dealkylation sites (tertiary alicyclic amines) is 2. The van der Waals surface area contributed by atoms with E-state index >= 15 is 4.39 Å². The van der Waals surface area contributed by atoms with Crippen LogP contribution in [-0.2, 0) is 29.2 Å². The summed E-state index contributed by atoms with van der Waals surface area (Å²) in [5, 5.41) is 3.18. The second-order valence-corrected chi connectivity index (χ2v) is 19.8. The molecular formula is C44H53FN10O6S2. The molecule has 4 aliphatic heterocycles. The number of nitrogens with one attached hydrogen (secondary N) is 2. The average Bonchev–Trinajstić information content (AvgIpc) is 3.73. The predicted molar refractivity (Wildman–Crippen MR) is 237 cm³/mol. The predicted octanol–water partition coefficient (Wildman–Crippen LogP) is 5.31. The Morgan fingerprint density at radius 1 is 0.921 bits per heavy atom. The molecule has 1 atom stereocenters. The van der Waals surface area contributed by atoms with Crippen molar-refractivity contribution in [2.75, 3.05) is 60.4 Å². The number of aromatic nitrogens is 4. The molecule has 7 heterocycles. The molecule has 334 valence electrons. The van der Waals surface area contributed by atoms with Crippen molar-refractivity contribution in [1.82, 2.24) is 35.1 Å². The van der Waals surface area contributed by atoms with Gasteiger partial charge in [-0.2, -0.15) is 0 Å². The Morgan fingerprint density at radius 2 is 1.67 bits per heavy atom. The van der Waals surface area contributed by atoms with E-state index in [0.717, 1.165) is 42.3 Å². The van der Waals surface area contributed by atoms with E-state index in [9.17, 15) is 27.6 Å². The van der Waals surface area contributed by atoms with E-state index < -0.39 is 15.8 Å². The number of nitrogens with zero attached hydrogens (tertiary/aromatic N) is 7. The number of nitrogen functional groups attached to an aromatic ring is 1. The van der Waals surface area contributed by atoms with Gasteiger partial charge in [0.1, 0.15) is 5.82 Å². The van der Waals surface area contributed by atoms with Crippen molar-refractivity contribution >= 4 is 62.4 Å².